The van der Waals surface area contributed by atoms with E-state index in [0.717, 1.165) is 28.3 Å². The van der Waals surface area contributed by atoms with Gasteiger partial charge in [-0.1, -0.05) is 5.92 Å². The highest BCUT2D eigenvalue weighted by Gasteiger charge is 1.98. The monoisotopic (exact) mass is 271 g/mol. The van der Waals surface area contributed by atoms with Gasteiger partial charge in [0, 0.05) is 18.5 Å². The molecule has 74 valence electrons. The minimum Gasteiger partial charge on any atom is -0.368 e. The predicted molar refractivity (Wildman–Crippen MR) is 64.4 cm³/mol. The van der Waals surface area contributed by atoms with Gasteiger partial charge in [-0.3, -0.25) is 0 Å². The van der Waals surface area contributed by atoms with Crippen LogP contribution in [0.1, 0.15) is 0 Å². The summed E-state index contributed by atoms with van der Waals surface area (Å²) in [6, 6.07) is 0. The number of hydrogen-bond acceptors (Lipinski definition) is 4. The fraction of sp³-hybridized carbons (Fsp3) is 0.333. The van der Waals surface area contributed by atoms with Gasteiger partial charge in [-0.05, 0) is 15.9 Å². The average Bonchev–Trinajstić information content (AvgIpc) is 2.20. The third kappa shape index (κ3) is 3.99. The van der Waals surface area contributed by atoms with E-state index < -0.39 is 0 Å². The second-order valence-corrected chi connectivity index (χ2v) is 4.36. The largest absolute Gasteiger partial charge is 0.368 e. The quantitative estimate of drug-likeness (QED) is 0.657. The predicted octanol–water partition coefficient (Wildman–Crippen LogP) is 2.02. The summed E-state index contributed by atoms with van der Waals surface area (Å²) in [6.07, 6.45) is 8.35. The number of hydrogen-bond donors (Lipinski definition) is 1. The highest BCUT2D eigenvalue weighted by Crippen LogP contribution is 2.16. The maximum atomic E-state index is 5.13. The molecule has 5 heteroatoms. The molecule has 0 aliphatic carbocycles. The van der Waals surface area contributed by atoms with Crippen molar-refractivity contribution in [1.29, 1.82) is 0 Å². The highest BCUT2D eigenvalue weighted by atomic mass is 79.9. The summed E-state index contributed by atoms with van der Waals surface area (Å²) in [5.74, 6) is 5.13. The Kier molecular flexibility index (Phi) is 5.42. The number of nitrogens with zero attached hydrogens (tertiary/aromatic N) is 2. The highest BCUT2D eigenvalue weighted by molar-refractivity contribution is 9.10. The molecular formula is C9H10BrN3S. The summed E-state index contributed by atoms with van der Waals surface area (Å²) in [4.78, 5) is 7.95. The van der Waals surface area contributed by atoms with Crippen LogP contribution in [0, 0.1) is 12.3 Å². The number of aromatic nitrogens is 2. The number of halogens is 1. The Balaban J connectivity index is 2.25. The Labute approximate surface area is 96.2 Å². The van der Waals surface area contributed by atoms with Crippen LogP contribution in [0.25, 0.3) is 0 Å². The van der Waals surface area contributed by atoms with Crippen molar-refractivity contribution in [2.75, 3.05) is 23.4 Å². The van der Waals surface area contributed by atoms with E-state index in [4.69, 9.17) is 6.42 Å². The summed E-state index contributed by atoms with van der Waals surface area (Å²) >= 11 is 5.07. The second kappa shape index (κ2) is 6.68. The van der Waals surface area contributed by atoms with Crippen LogP contribution in [0.5, 0.6) is 0 Å². The lowest BCUT2D eigenvalue weighted by atomic mass is 10.5. The van der Waals surface area contributed by atoms with Crippen LogP contribution >= 0.6 is 27.7 Å². The molecule has 0 aliphatic rings. The third-order valence-corrected chi connectivity index (χ3v) is 2.84. The van der Waals surface area contributed by atoms with E-state index in [9.17, 15) is 0 Å². The van der Waals surface area contributed by atoms with E-state index in [1.54, 1.807) is 18.0 Å². The van der Waals surface area contributed by atoms with Gasteiger partial charge in [0.25, 0.3) is 0 Å². The first-order valence-electron chi connectivity index (χ1n) is 4.05. The molecule has 0 aromatic carbocycles. The van der Waals surface area contributed by atoms with E-state index in [0.29, 0.717) is 0 Å². The molecule has 0 saturated carbocycles. The molecule has 0 saturated heterocycles. The molecule has 14 heavy (non-hydrogen) atoms. The Morgan fingerprint density at radius 1 is 1.64 bits per heavy atom. The van der Waals surface area contributed by atoms with Crippen molar-refractivity contribution >= 4 is 33.5 Å². The molecule has 0 radical (unpaired) electrons. The molecule has 1 heterocycles. The van der Waals surface area contributed by atoms with Crippen LogP contribution in [0.2, 0.25) is 0 Å². The molecule has 0 bridgehead atoms. The fourth-order valence-electron chi connectivity index (χ4n) is 0.815. The Bertz CT molecular complexity index is 324. The number of thioether (sulfide) groups is 1. The Morgan fingerprint density at radius 3 is 3.21 bits per heavy atom. The molecule has 0 unspecified atom stereocenters. The van der Waals surface area contributed by atoms with Crippen LogP contribution in [0.4, 0.5) is 5.82 Å². The summed E-state index contributed by atoms with van der Waals surface area (Å²) in [7, 11) is 0. The van der Waals surface area contributed by atoms with E-state index in [1.165, 1.54) is 6.33 Å². The zero-order chi connectivity index (χ0) is 10.2. The summed E-state index contributed by atoms with van der Waals surface area (Å²) in [5.41, 5.74) is 0. The zero-order valence-electron chi connectivity index (χ0n) is 7.53. The van der Waals surface area contributed by atoms with Crippen molar-refractivity contribution in [3.63, 3.8) is 0 Å². The van der Waals surface area contributed by atoms with Crippen LogP contribution < -0.4 is 5.32 Å². The van der Waals surface area contributed by atoms with Gasteiger partial charge in [-0.25, -0.2) is 9.97 Å². The van der Waals surface area contributed by atoms with Crippen molar-refractivity contribution in [1.82, 2.24) is 9.97 Å². The van der Waals surface area contributed by atoms with E-state index in [2.05, 4.69) is 37.1 Å². The smallest absolute Gasteiger partial charge is 0.143 e. The maximum absolute atomic E-state index is 5.13. The normalized spacial score (nSPS) is 9.43. The van der Waals surface area contributed by atoms with E-state index in [-0.39, 0.29) is 0 Å². The zero-order valence-corrected chi connectivity index (χ0v) is 9.94. The van der Waals surface area contributed by atoms with Gasteiger partial charge in [0.1, 0.15) is 12.1 Å². The molecule has 0 aliphatic heterocycles. The summed E-state index contributed by atoms with van der Waals surface area (Å²) < 4.78 is 0.877. The summed E-state index contributed by atoms with van der Waals surface area (Å²) in [5, 5.41) is 3.18. The number of terminal acetylenes is 1. The van der Waals surface area contributed by atoms with Crippen molar-refractivity contribution in [2.45, 2.75) is 0 Å². The maximum Gasteiger partial charge on any atom is 0.143 e. The lowest BCUT2D eigenvalue weighted by molar-refractivity contribution is 1.10. The second-order valence-electron chi connectivity index (χ2n) is 2.40. The Morgan fingerprint density at radius 2 is 2.50 bits per heavy atom. The molecule has 0 spiro atoms. The van der Waals surface area contributed by atoms with Gasteiger partial charge in [0.15, 0.2) is 0 Å². The molecular weight excluding hydrogens is 262 g/mol. The standard InChI is InChI=1S/C9H10BrN3S/c1-2-4-14-5-3-12-9-8(10)6-11-7-13-9/h1,6-7H,3-5H2,(H,11,12,13). The van der Waals surface area contributed by atoms with Gasteiger partial charge in [-0.15, -0.1) is 18.2 Å². The first-order valence-corrected chi connectivity index (χ1v) is 6.00. The minimum absolute atomic E-state index is 0.757. The van der Waals surface area contributed by atoms with Gasteiger partial charge in [-0.2, -0.15) is 0 Å². The first-order chi connectivity index (χ1) is 6.84. The van der Waals surface area contributed by atoms with E-state index >= 15 is 0 Å². The topological polar surface area (TPSA) is 37.8 Å². The van der Waals surface area contributed by atoms with Crippen LogP contribution in [0.3, 0.4) is 0 Å². The van der Waals surface area contributed by atoms with Crippen molar-refractivity contribution in [2.24, 2.45) is 0 Å². The molecule has 1 aromatic heterocycles. The van der Waals surface area contributed by atoms with Gasteiger partial charge < -0.3 is 5.32 Å². The number of nitrogens with one attached hydrogen (secondary N) is 1. The molecule has 0 amide bonds. The molecule has 1 aromatic rings. The van der Waals surface area contributed by atoms with Crippen LogP contribution in [-0.2, 0) is 0 Å². The third-order valence-electron chi connectivity index (χ3n) is 1.39. The van der Waals surface area contributed by atoms with Crippen LogP contribution in [-0.4, -0.2) is 28.0 Å². The fourth-order valence-corrected chi connectivity index (χ4v) is 1.68. The lowest BCUT2D eigenvalue weighted by Gasteiger charge is -2.05. The molecule has 0 fully saturated rings. The lowest BCUT2D eigenvalue weighted by Crippen LogP contribution is -2.06. The number of anilines is 1. The number of rotatable bonds is 5. The summed E-state index contributed by atoms with van der Waals surface area (Å²) in [6.45, 7) is 0.849. The molecule has 1 rings (SSSR count). The van der Waals surface area contributed by atoms with Crippen molar-refractivity contribution in [3.8, 4) is 12.3 Å². The van der Waals surface area contributed by atoms with Crippen molar-refractivity contribution < 1.29 is 0 Å². The minimum atomic E-state index is 0.757. The van der Waals surface area contributed by atoms with Gasteiger partial charge >= 0.3 is 0 Å². The first kappa shape index (κ1) is 11.3. The molecule has 1 N–H and O–H groups in total. The van der Waals surface area contributed by atoms with Gasteiger partial charge in [0.2, 0.25) is 0 Å². The molecule has 3 nitrogen and oxygen atoms in total. The molecule has 0 atom stereocenters. The Hall–Kier alpha value is -0.730. The SMILES string of the molecule is C#CCSCCNc1ncncc1Br. The van der Waals surface area contributed by atoms with Crippen molar-refractivity contribution in [3.05, 3.63) is 17.0 Å². The van der Waals surface area contributed by atoms with E-state index in [1.807, 2.05) is 0 Å². The average molecular weight is 272 g/mol. The van der Waals surface area contributed by atoms with Gasteiger partial charge in [0.05, 0.1) is 10.2 Å². The van der Waals surface area contributed by atoms with Crippen LogP contribution in [0.15, 0.2) is 17.0 Å².